The van der Waals surface area contributed by atoms with Crippen molar-refractivity contribution in [3.63, 3.8) is 0 Å². The molecular weight excluding hydrogens is 275 g/mol. The molecule has 0 radical (unpaired) electrons. The van der Waals surface area contributed by atoms with Crippen molar-refractivity contribution >= 4 is 34.8 Å². The number of carbonyl (C=O) groups is 1. The third-order valence-corrected chi connectivity index (χ3v) is 3.69. The van der Waals surface area contributed by atoms with Gasteiger partial charge in [-0.2, -0.15) is 0 Å². The van der Waals surface area contributed by atoms with E-state index in [0.29, 0.717) is 0 Å². The summed E-state index contributed by atoms with van der Waals surface area (Å²) >= 11 is 11.8. The molecule has 0 bridgehead atoms. The first kappa shape index (κ1) is 13.5. The maximum absolute atomic E-state index is 12.2. The van der Waals surface area contributed by atoms with E-state index in [4.69, 9.17) is 23.2 Å². The summed E-state index contributed by atoms with van der Waals surface area (Å²) < 4.78 is 0. The fourth-order valence-electron chi connectivity index (χ4n) is 1.95. The number of aromatic nitrogens is 2. The van der Waals surface area contributed by atoms with Crippen LogP contribution in [0.2, 0.25) is 10.3 Å². The van der Waals surface area contributed by atoms with Crippen LogP contribution in [0.25, 0.3) is 0 Å². The number of nitrogens with one attached hydrogen (secondary N) is 2. The third-order valence-electron chi connectivity index (χ3n) is 3.11. The summed E-state index contributed by atoms with van der Waals surface area (Å²) in [5, 5.41) is 6.20. The number of halogens is 2. The summed E-state index contributed by atoms with van der Waals surface area (Å²) in [5.41, 5.74) is -0.333. The zero-order valence-electron chi connectivity index (χ0n) is 9.96. The van der Waals surface area contributed by atoms with Crippen LogP contribution in [0.3, 0.4) is 0 Å². The lowest BCUT2D eigenvalue weighted by Gasteiger charge is -2.33. The van der Waals surface area contributed by atoms with Gasteiger partial charge in [-0.1, -0.05) is 23.2 Å². The highest BCUT2D eigenvalue weighted by Crippen LogP contribution is 2.28. The minimum absolute atomic E-state index is 0.141. The number of anilines is 1. The highest BCUT2D eigenvalue weighted by Gasteiger charge is 2.34. The lowest BCUT2D eigenvalue weighted by molar-refractivity contribution is -0.122. The first-order valence-corrected chi connectivity index (χ1v) is 6.51. The lowest BCUT2D eigenvalue weighted by Crippen LogP contribution is -2.54. The molecule has 0 aromatic carbocycles. The van der Waals surface area contributed by atoms with Gasteiger partial charge < -0.3 is 10.6 Å². The predicted octanol–water partition coefficient (Wildman–Crippen LogP) is 2.25. The molecule has 18 heavy (non-hydrogen) atoms. The van der Waals surface area contributed by atoms with E-state index in [1.54, 1.807) is 0 Å². The molecule has 0 spiro atoms. The van der Waals surface area contributed by atoms with E-state index in [2.05, 4.69) is 20.6 Å². The van der Waals surface area contributed by atoms with Gasteiger partial charge in [-0.15, -0.1) is 0 Å². The largest absolute Gasteiger partial charge is 0.319 e. The molecule has 1 atom stereocenters. The summed E-state index contributed by atoms with van der Waals surface area (Å²) in [4.78, 5) is 19.8. The van der Waals surface area contributed by atoms with Crippen molar-refractivity contribution < 1.29 is 4.79 Å². The SMILES string of the molecule is CC1(C(=O)Nc2c(Cl)ncnc2Cl)CCCCN1. The van der Waals surface area contributed by atoms with Crippen LogP contribution >= 0.6 is 23.2 Å². The summed E-state index contributed by atoms with van der Waals surface area (Å²) in [6.45, 7) is 2.70. The van der Waals surface area contributed by atoms with Crippen molar-refractivity contribution in [3.05, 3.63) is 16.6 Å². The maximum atomic E-state index is 12.2. The molecule has 1 amide bonds. The number of carbonyl (C=O) groups excluding carboxylic acids is 1. The van der Waals surface area contributed by atoms with Gasteiger partial charge in [0.15, 0.2) is 10.3 Å². The molecule has 2 heterocycles. The van der Waals surface area contributed by atoms with Crippen molar-refractivity contribution in [2.75, 3.05) is 11.9 Å². The normalized spacial score (nSPS) is 23.7. The Morgan fingerprint density at radius 2 is 2.06 bits per heavy atom. The Hall–Kier alpha value is -0.910. The molecule has 1 aliphatic heterocycles. The van der Waals surface area contributed by atoms with Gasteiger partial charge in [0.25, 0.3) is 0 Å². The Bertz CT molecular complexity index is 440. The van der Waals surface area contributed by atoms with Crippen molar-refractivity contribution in [1.82, 2.24) is 15.3 Å². The van der Waals surface area contributed by atoms with Crippen molar-refractivity contribution in [3.8, 4) is 0 Å². The van der Waals surface area contributed by atoms with Crippen LogP contribution in [0.1, 0.15) is 26.2 Å². The van der Waals surface area contributed by atoms with Gasteiger partial charge in [-0.25, -0.2) is 9.97 Å². The van der Waals surface area contributed by atoms with E-state index in [-0.39, 0.29) is 21.9 Å². The quantitative estimate of drug-likeness (QED) is 0.819. The topological polar surface area (TPSA) is 66.9 Å². The average Bonchev–Trinajstić information content (AvgIpc) is 2.34. The van der Waals surface area contributed by atoms with Crippen molar-refractivity contribution in [1.29, 1.82) is 0 Å². The second-order valence-corrected chi connectivity index (χ2v) is 5.22. The van der Waals surface area contributed by atoms with Gasteiger partial charge in [-0.05, 0) is 32.7 Å². The minimum Gasteiger partial charge on any atom is -0.319 e. The highest BCUT2D eigenvalue weighted by atomic mass is 35.5. The zero-order valence-corrected chi connectivity index (χ0v) is 11.5. The molecule has 1 aromatic heterocycles. The lowest BCUT2D eigenvalue weighted by atomic mass is 9.90. The molecule has 0 saturated carbocycles. The molecule has 1 aliphatic rings. The number of rotatable bonds is 2. The van der Waals surface area contributed by atoms with Crippen LogP contribution in [0.5, 0.6) is 0 Å². The van der Waals surface area contributed by atoms with Crippen LogP contribution in [-0.2, 0) is 4.79 Å². The Balaban J connectivity index is 2.16. The minimum atomic E-state index is -0.596. The number of hydrogen-bond acceptors (Lipinski definition) is 4. The van der Waals surface area contributed by atoms with Crippen LogP contribution < -0.4 is 10.6 Å². The van der Waals surface area contributed by atoms with Gasteiger partial charge >= 0.3 is 0 Å². The first-order chi connectivity index (χ1) is 8.53. The molecule has 98 valence electrons. The van der Waals surface area contributed by atoms with Gasteiger partial charge in [0.1, 0.15) is 12.0 Å². The van der Waals surface area contributed by atoms with Gasteiger partial charge in [0, 0.05) is 0 Å². The Morgan fingerprint density at radius 1 is 1.39 bits per heavy atom. The van der Waals surface area contributed by atoms with Gasteiger partial charge in [0.2, 0.25) is 5.91 Å². The fourth-order valence-corrected chi connectivity index (χ4v) is 2.36. The monoisotopic (exact) mass is 288 g/mol. The van der Waals surface area contributed by atoms with Gasteiger partial charge in [-0.3, -0.25) is 4.79 Å². The second-order valence-electron chi connectivity index (χ2n) is 4.50. The first-order valence-electron chi connectivity index (χ1n) is 5.75. The maximum Gasteiger partial charge on any atom is 0.244 e. The predicted molar refractivity (Wildman–Crippen MR) is 70.9 cm³/mol. The van der Waals surface area contributed by atoms with Crippen molar-refractivity contribution in [2.24, 2.45) is 0 Å². The summed E-state index contributed by atoms with van der Waals surface area (Å²) in [5.74, 6) is -0.166. The van der Waals surface area contributed by atoms with Crippen molar-refractivity contribution in [2.45, 2.75) is 31.7 Å². The smallest absolute Gasteiger partial charge is 0.244 e. The summed E-state index contributed by atoms with van der Waals surface area (Å²) in [6, 6.07) is 0. The van der Waals surface area contributed by atoms with Crippen LogP contribution in [-0.4, -0.2) is 28.0 Å². The summed E-state index contributed by atoms with van der Waals surface area (Å²) in [6.07, 6.45) is 4.13. The molecule has 2 N–H and O–H groups in total. The molecule has 5 nitrogen and oxygen atoms in total. The molecular formula is C11H14Cl2N4O. The van der Waals surface area contributed by atoms with E-state index >= 15 is 0 Å². The van der Waals surface area contributed by atoms with Crippen LogP contribution in [0, 0.1) is 0 Å². The molecule has 1 saturated heterocycles. The second kappa shape index (κ2) is 5.38. The van der Waals surface area contributed by atoms with Crippen LogP contribution in [0.15, 0.2) is 6.33 Å². The molecule has 0 aliphatic carbocycles. The standard InChI is InChI=1S/C11H14Cl2N4O/c1-11(4-2-3-5-16-11)10(18)17-7-8(12)14-6-15-9(7)13/h6,16H,2-5H2,1H3,(H,17,18). The number of piperidine rings is 1. The molecule has 1 aromatic rings. The molecule has 1 fully saturated rings. The Kier molecular flexibility index (Phi) is 4.04. The number of amides is 1. The molecule has 1 unspecified atom stereocenters. The van der Waals surface area contributed by atoms with E-state index in [1.165, 1.54) is 6.33 Å². The van der Waals surface area contributed by atoms with Gasteiger partial charge in [0.05, 0.1) is 5.54 Å². The molecule has 2 rings (SSSR count). The van der Waals surface area contributed by atoms with E-state index in [9.17, 15) is 4.79 Å². The highest BCUT2D eigenvalue weighted by molar-refractivity contribution is 6.38. The Labute approximate surface area is 115 Å². The van der Waals surface area contributed by atoms with E-state index in [1.807, 2.05) is 6.92 Å². The van der Waals surface area contributed by atoms with E-state index in [0.717, 1.165) is 25.8 Å². The van der Waals surface area contributed by atoms with E-state index < -0.39 is 5.54 Å². The summed E-state index contributed by atoms with van der Waals surface area (Å²) in [7, 11) is 0. The Morgan fingerprint density at radius 3 is 2.61 bits per heavy atom. The molecule has 7 heteroatoms. The van der Waals surface area contributed by atoms with Crippen LogP contribution in [0.4, 0.5) is 5.69 Å². The fraction of sp³-hybridized carbons (Fsp3) is 0.545. The number of nitrogens with zero attached hydrogens (tertiary/aromatic N) is 2. The average molecular weight is 289 g/mol. The zero-order chi connectivity index (χ0) is 13.2. The third kappa shape index (κ3) is 2.74. The number of hydrogen-bond donors (Lipinski definition) is 2.